The standard InChI is InChI=1S/C12H19NO3/c1-2-8(14)7-13-11(15)9-5-3-4-6-10(9)12(13)16/h8-10,14H,2-7H2,1H3. The topological polar surface area (TPSA) is 57.6 Å². The lowest BCUT2D eigenvalue weighted by Crippen LogP contribution is -2.37. The number of carbonyl (C=O) groups is 2. The second-order valence-electron chi connectivity index (χ2n) is 4.85. The first-order chi connectivity index (χ1) is 7.65. The smallest absolute Gasteiger partial charge is 0.233 e. The summed E-state index contributed by atoms with van der Waals surface area (Å²) in [5.41, 5.74) is 0. The van der Waals surface area contributed by atoms with E-state index in [9.17, 15) is 14.7 Å². The molecule has 3 unspecified atom stereocenters. The van der Waals surface area contributed by atoms with E-state index in [1.165, 1.54) is 4.90 Å². The van der Waals surface area contributed by atoms with Crippen LogP contribution in [-0.2, 0) is 9.59 Å². The molecule has 2 fully saturated rings. The molecule has 1 heterocycles. The number of nitrogens with zero attached hydrogens (tertiary/aromatic N) is 1. The predicted molar refractivity (Wildman–Crippen MR) is 58.5 cm³/mol. The van der Waals surface area contributed by atoms with Crippen molar-refractivity contribution >= 4 is 11.8 Å². The zero-order valence-electron chi connectivity index (χ0n) is 9.69. The van der Waals surface area contributed by atoms with E-state index < -0.39 is 6.10 Å². The summed E-state index contributed by atoms with van der Waals surface area (Å²) >= 11 is 0. The van der Waals surface area contributed by atoms with Gasteiger partial charge in [-0.2, -0.15) is 0 Å². The molecule has 1 saturated carbocycles. The summed E-state index contributed by atoms with van der Waals surface area (Å²) in [6.45, 7) is 2.03. The SMILES string of the molecule is CCC(O)CN1C(=O)C2CCCCC2C1=O. The molecule has 16 heavy (non-hydrogen) atoms. The molecule has 2 amide bonds. The molecule has 0 aromatic rings. The van der Waals surface area contributed by atoms with Crippen LogP contribution in [0.25, 0.3) is 0 Å². The highest BCUT2D eigenvalue weighted by atomic mass is 16.3. The number of aliphatic hydroxyl groups excluding tert-OH is 1. The van der Waals surface area contributed by atoms with E-state index in [1.807, 2.05) is 6.92 Å². The maximum atomic E-state index is 12.0. The predicted octanol–water partition coefficient (Wildman–Crippen LogP) is 0.932. The number of imide groups is 1. The van der Waals surface area contributed by atoms with E-state index in [1.54, 1.807) is 0 Å². The number of rotatable bonds is 3. The van der Waals surface area contributed by atoms with Gasteiger partial charge in [0.1, 0.15) is 0 Å². The normalized spacial score (nSPS) is 31.8. The van der Waals surface area contributed by atoms with Crippen LogP contribution >= 0.6 is 0 Å². The van der Waals surface area contributed by atoms with Crippen molar-refractivity contribution in [2.45, 2.75) is 45.1 Å². The lowest BCUT2D eigenvalue weighted by atomic mass is 9.81. The number of carbonyl (C=O) groups excluding carboxylic acids is 2. The fourth-order valence-electron chi connectivity index (χ4n) is 2.75. The Hall–Kier alpha value is -0.900. The minimum absolute atomic E-state index is 0.0535. The van der Waals surface area contributed by atoms with Crippen molar-refractivity contribution in [2.75, 3.05) is 6.54 Å². The van der Waals surface area contributed by atoms with Crippen LogP contribution in [0.2, 0.25) is 0 Å². The number of amides is 2. The molecule has 1 aliphatic carbocycles. The van der Waals surface area contributed by atoms with Crippen molar-refractivity contribution in [3.05, 3.63) is 0 Å². The van der Waals surface area contributed by atoms with Crippen molar-refractivity contribution < 1.29 is 14.7 Å². The maximum Gasteiger partial charge on any atom is 0.233 e. The van der Waals surface area contributed by atoms with E-state index >= 15 is 0 Å². The molecular weight excluding hydrogens is 206 g/mol. The molecule has 0 aromatic heterocycles. The van der Waals surface area contributed by atoms with Gasteiger partial charge in [-0.15, -0.1) is 0 Å². The van der Waals surface area contributed by atoms with Crippen molar-refractivity contribution in [2.24, 2.45) is 11.8 Å². The maximum absolute atomic E-state index is 12.0. The Kier molecular flexibility index (Phi) is 3.28. The van der Waals surface area contributed by atoms with Gasteiger partial charge in [-0.1, -0.05) is 19.8 Å². The molecule has 90 valence electrons. The Morgan fingerprint density at radius 1 is 1.25 bits per heavy atom. The Balaban J connectivity index is 2.09. The van der Waals surface area contributed by atoms with Crippen LogP contribution < -0.4 is 0 Å². The molecular formula is C12H19NO3. The van der Waals surface area contributed by atoms with Gasteiger partial charge in [-0.25, -0.2) is 0 Å². The molecule has 1 saturated heterocycles. The van der Waals surface area contributed by atoms with Gasteiger partial charge in [0.05, 0.1) is 24.5 Å². The lowest BCUT2D eigenvalue weighted by molar-refractivity contribution is -0.141. The van der Waals surface area contributed by atoms with Crippen LogP contribution in [0.1, 0.15) is 39.0 Å². The average Bonchev–Trinajstić information content (AvgIpc) is 2.55. The number of aliphatic hydroxyl groups is 1. The van der Waals surface area contributed by atoms with E-state index in [0.29, 0.717) is 6.42 Å². The molecule has 0 bridgehead atoms. The van der Waals surface area contributed by atoms with Gasteiger partial charge in [0.2, 0.25) is 11.8 Å². The van der Waals surface area contributed by atoms with Crippen molar-refractivity contribution in [3.63, 3.8) is 0 Å². The highest BCUT2D eigenvalue weighted by Crippen LogP contribution is 2.37. The Bertz CT molecular complexity index is 279. The van der Waals surface area contributed by atoms with Crippen LogP contribution in [0.3, 0.4) is 0 Å². The molecule has 0 aromatic carbocycles. The minimum Gasteiger partial charge on any atom is -0.391 e. The molecule has 2 rings (SSSR count). The van der Waals surface area contributed by atoms with Crippen LogP contribution in [0.15, 0.2) is 0 Å². The first-order valence-electron chi connectivity index (χ1n) is 6.18. The molecule has 4 nitrogen and oxygen atoms in total. The third-order valence-electron chi connectivity index (χ3n) is 3.80. The highest BCUT2D eigenvalue weighted by Gasteiger charge is 2.48. The minimum atomic E-state index is -0.576. The Morgan fingerprint density at radius 2 is 1.75 bits per heavy atom. The quantitative estimate of drug-likeness (QED) is 0.727. The largest absolute Gasteiger partial charge is 0.391 e. The van der Waals surface area contributed by atoms with Crippen molar-refractivity contribution in [1.82, 2.24) is 4.90 Å². The number of hydrogen-bond donors (Lipinski definition) is 1. The summed E-state index contributed by atoms with van der Waals surface area (Å²) in [7, 11) is 0. The number of β-amino-alcohol motifs (C(OH)–C–C–N with tert-alkyl or cyclic N) is 1. The summed E-state index contributed by atoms with van der Waals surface area (Å²) in [4.78, 5) is 25.3. The number of hydrogen-bond acceptors (Lipinski definition) is 3. The van der Waals surface area contributed by atoms with Gasteiger partial charge < -0.3 is 5.11 Å². The summed E-state index contributed by atoms with van der Waals surface area (Å²) < 4.78 is 0. The van der Waals surface area contributed by atoms with Gasteiger partial charge >= 0.3 is 0 Å². The summed E-state index contributed by atoms with van der Waals surface area (Å²) in [5.74, 6) is -0.292. The van der Waals surface area contributed by atoms with Gasteiger partial charge in [0, 0.05) is 0 Å². The first kappa shape index (κ1) is 11.6. The molecule has 1 N–H and O–H groups in total. The van der Waals surface area contributed by atoms with Gasteiger partial charge in [0.15, 0.2) is 0 Å². The average molecular weight is 225 g/mol. The van der Waals surface area contributed by atoms with E-state index in [-0.39, 0.29) is 30.2 Å². The fourth-order valence-corrected chi connectivity index (χ4v) is 2.75. The second kappa shape index (κ2) is 4.53. The molecule has 2 aliphatic rings. The van der Waals surface area contributed by atoms with Crippen LogP contribution in [0.5, 0.6) is 0 Å². The molecule has 0 radical (unpaired) electrons. The summed E-state index contributed by atoms with van der Waals surface area (Å²) in [6, 6.07) is 0. The van der Waals surface area contributed by atoms with E-state index in [2.05, 4.69) is 0 Å². The van der Waals surface area contributed by atoms with Crippen molar-refractivity contribution in [1.29, 1.82) is 0 Å². The van der Waals surface area contributed by atoms with E-state index in [0.717, 1.165) is 25.7 Å². The molecule has 0 spiro atoms. The van der Waals surface area contributed by atoms with Crippen LogP contribution in [0.4, 0.5) is 0 Å². The lowest BCUT2D eigenvalue weighted by Gasteiger charge is -2.19. The Morgan fingerprint density at radius 3 is 2.19 bits per heavy atom. The third-order valence-corrected chi connectivity index (χ3v) is 3.80. The molecule has 3 atom stereocenters. The zero-order chi connectivity index (χ0) is 11.7. The summed E-state index contributed by atoms with van der Waals surface area (Å²) in [6.07, 6.45) is 3.77. The highest BCUT2D eigenvalue weighted by molar-refractivity contribution is 6.05. The molecule has 1 aliphatic heterocycles. The number of likely N-dealkylation sites (tertiary alicyclic amines) is 1. The number of fused-ring (bicyclic) bond motifs is 1. The van der Waals surface area contributed by atoms with Gasteiger partial charge in [-0.05, 0) is 19.3 Å². The van der Waals surface area contributed by atoms with Crippen molar-refractivity contribution in [3.8, 4) is 0 Å². The van der Waals surface area contributed by atoms with E-state index in [4.69, 9.17) is 0 Å². The van der Waals surface area contributed by atoms with Crippen LogP contribution in [0, 0.1) is 11.8 Å². The third kappa shape index (κ3) is 1.86. The van der Waals surface area contributed by atoms with Gasteiger partial charge in [0.25, 0.3) is 0 Å². The van der Waals surface area contributed by atoms with Crippen LogP contribution in [-0.4, -0.2) is 34.5 Å². The van der Waals surface area contributed by atoms with Gasteiger partial charge in [-0.3, -0.25) is 14.5 Å². The zero-order valence-corrected chi connectivity index (χ0v) is 9.69. The summed E-state index contributed by atoms with van der Waals surface area (Å²) in [5, 5.41) is 9.54. The monoisotopic (exact) mass is 225 g/mol. The second-order valence-corrected chi connectivity index (χ2v) is 4.85. The first-order valence-corrected chi connectivity index (χ1v) is 6.18. The fraction of sp³-hybridized carbons (Fsp3) is 0.833. The molecule has 4 heteroatoms. The Labute approximate surface area is 95.6 Å².